The Labute approximate surface area is 63.8 Å². The SMILES string of the molecule is [In+3].[O-2].[O-2].[O]=[Bi+]. The van der Waals surface area contributed by atoms with E-state index in [-0.39, 0.29) is 61.5 Å². The molecule has 0 N–H and O–H groups in total. The zero-order chi connectivity index (χ0) is 2.00. The van der Waals surface area contributed by atoms with E-state index in [0.29, 0.717) is 0 Å². The average Bonchev–Trinajstić information content (AvgIpc) is 1.00. The van der Waals surface area contributed by atoms with Crippen molar-refractivity contribution in [3.05, 3.63) is 0 Å². The zero-order valence-electron chi connectivity index (χ0n) is 2.25. The van der Waals surface area contributed by atoms with Crippen LogP contribution < -0.4 is 0 Å². The molecular formula is BiInO3. The van der Waals surface area contributed by atoms with Crippen molar-refractivity contribution in [3.8, 4) is 0 Å². The molecule has 0 amide bonds. The first-order chi connectivity index (χ1) is 1.00. The van der Waals surface area contributed by atoms with E-state index in [2.05, 4.69) is 0 Å². The van der Waals surface area contributed by atoms with Crippen LogP contribution in [0.2, 0.25) is 0 Å². The third-order valence-corrected chi connectivity index (χ3v) is 0. The van der Waals surface area contributed by atoms with Crippen molar-refractivity contribution < 1.29 is 13.8 Å². The third kappa shape index (κ3) is 30.4. The second-order valence-electron chi connectivity index (χ2n) is 0. The molecule has 5 heavy (non-hydrogen) atoms. The van der Waals surface area contributed by atoms with Gasteiger partial charge in [-0.05, 0) is 0 Å². The van der Waals surface area contributed by atoms with Gasteiger partial charge in [-0.2, -0.15) is 0 Å². The normalized spacial score (nSPS) is 0.800. The van der Waals surface area contributed by atoms with Crippen LogP contribution in [0, 0.1) is 0 Å². The monoisotopic (exact) mass is 372 g/mol. The summed E-state index contributed by atoms with van der Waals surface area (Å²) in [7, 11) is 0. The fourth-order valence-electron chi connectivity index (χ4n) is 0. The summed E-state index contributed by atoms with van der Waals surface area (Å²) in [5.41, 5.74) is 0. The van der Waals surface area contributed by atoms with Crippen molar-refractivity contribution in [1.82, 2.24) is 0 Å². The second-order valence-corrected chi connectivity index (χ2v) is 0. The first kappa shape index (κ1) is 31.7. The molecule has 0 aliphatic rings. The molecule has 0 aromatic rings. The molecule has 2 radical (unpaired) electrons. The minimum absolute atomic E-state index is 0. The van der Waals surface area contributed by atoms with Gasteiger partial charge in [0.25, 0.3) is 0 Å². The van der Waals surface area contributed by atoms with Gasteiger partial charge in [0.1, 0.15) is 0 Å². The summed E-state index contributed by atoms with van der Waals surface area (Å²) < 4.78 is 8.36. The van der Waals surface area contributed by atoms with Crippen LogP contribution in [0.5, 0.6) is 0 Å². The second kappa shape index (κ2) is 50.5. The maximum atomic E-state index is 8.36. The van der Waals surface area contributed by atoms with Crippen LogP contribution in [-0.4, -0.2) is 50.6 Å². The minimum atomic E-state index is 0. The summed E-state index contributed by atoms with van der Waals surface area (Å²) in [6.07, 6.45) is 0. The molecule has 0 heterocycles. The summed E-state index contributed by atoms with van der Waals surface area (Å²) in [6, 6.07) is 0. The Kier molecular flexibility index (Phi) is 320. The van der Waals surface area contributed by atoms with Crippen LogP contribution >= 0.6 is 0 Å². The van der Waals surface area contributed by atoms with Gasteiger partial charge in [-0.15, -0.1) is 0 Å². The van der Waals surface area contributed by atoms with E-state index in [1.165, 1.54) is 0 Å². The third-order valence-electron chi connectivity index (χ3n) is 0. The van der Waals surface area contributed by atoms with Crippen molar-refractivity contribution in [1.29, 1.82) is 0 Å². The van der Waals surface area contributed by atoms with E-state index in [0.717, 1.165) is 0 Å². The van der Waals surface area contributed by atoms with Gasteiger partial charge in [-0.25, -0.2) is 0 Å². The summed E-state index contributed by atoms with van der Waals surface area (Å²) in [5.74, 6) is 0. The molecule has 3 nitrogen and oxygen atoms in total. The van der Waals surface area contributed by atoms with Crippen LogP contribution in [0.3, 0.4) is 0 Å². The standard InChI is InChI=1S/Bi.In.3O/q+1;+3;;2*-2. The predicted molar refractivity (Wildman–Crippen MR) is 13.6 cm³/mol. The molecule has 0 atom stereocenters. The molecule has 0 bridgehead atoms. The van der Waals surface area contributed by atoms with Gasteiger partial charge >= 0.3 is 53.4 Å². The van der Waals surface area contributed by atoms with E-state index < -0.39 is 0 Å². The number of rotatable bonds is 0. The van der Waals surface area contributed by atoms with Gasteiger partial charge in [0.2, 0.25) is 0 Å². The Morgan fingerprint density at radius 2 is 1.00 bits per heavy atom. The van der Waals surface area contributed by atoms with Gasteiger partial charge in [0.05, 0.1) is 0 Å². The molecule has 0 aromatic carbocycles. The van der Waals surface area contributed by atoms with Crippen molar-refractivity contribution in [2.24, 2.45) is 0 Å². The Morgan fingerprint density at radius 3 is 1.00 bits per heavy atom. The van der Waals surface area contributed by atoms with Crippen LogP contribution in [0.4, 0.5) is 0 Å². The Hall–Kier alpha value is 1.47. The molecule has 0 aliphatic carbocycles. The fraction of sp³-hybridized carbons (Fsp3) is 0. The maximum absolute atomic E-state index is 8.36. The molecule has 0 saturated heterocycles. The van der Waals surface area contributed by atoms with E-state index in [1.807, 2.05) is 0 Å². The van der Waals surface area contributed by atoms with Gasteiger partial charge in [0.15, 0.2) is 0 Å². The molecule has 0 unspecified atom stereocenters. The van der Waals surface area contributed by atoms with E-state index in [9.17, 15) is 0 Å². The van der Waals surface area contributed by atoms with Crippen molar-refractivity contribution in [3.63, 3.8) is 0 Å². The first-order valence-electron chi connectivity index (χ1n) is 0.183. The summed E-state index contributed by atoms with van der Waals surface area (Å²) >= 11 is 0.194. The van der Waals surface area contributed by atoms with E-state index >= 15 is 0 Å². The van der Waals surface area contributed by atoms with Crippen molar-refractivity contribution in [2.75, 3.05) is 0 Å². The molecule has 0 saturated carbocycles. The van der Waals surface area contributed by atoms with E-state index in [1.54, 1.807) is 0 Å². The van der Waals surface area contributed by atoms with E-state index in [4.69, 9.17) is 2.81 Å². The molecule has 0 aliphatic heterocycles. The Morgan fingerprint density at radius 1 is 1.00 bits per heavy atom. The van der Waals surface area contributed by atoms with Crippen LogP contribution in [0.25, 0.3) is 0 Å². The Bertz CT molecular complexity index is 6.85. The fourth-order valence-corrected chi connectivity index (χ4v) is 0. The molecule has 5 heteroatoms. The number of hydrogen-bond acceptors (Lipinski definition) is 1. The predicted octanol–water partition coefficient (Wildman–Crippen LogP) is -1.12. The topological polar surface area (TPSA) is 74.1 Å². The van der Waals surface area contributed by atoms with Gasteiger partial charge < -0.3 is 11.0 Å². The summed E-state index contributed by atoms with van der Waals surface area (Å²) in [6.45, 7) is 0. The van der Waals surface area contributed by atoms with Crippen molar-refractivity contribution in [2.45, 2.75) is 0 Å². The van der Waals surface area contributed by atoms with Crippen molar-refractivity contribution >= 4 is 50.6 Å². The average molecular weight is 372 g/mol. The quantitative estimate of drug-likeness (QED) is 0.497. The van der Waals surface area contributed by atoms with Crippen LogP contribution in [0.1, 0.15) is 0 Å². The molecule has 0 rings (SSSR count). The first-order valence-corrected chi connectivity index (χ1v) is 1.60. The molecule has 0 aromatic heterocycles. The number of hydrogen-bond donors (Lipinski definition) is 0. The Balaban J connectivity index is -0.00000000167. The molecule has 26 valence electrons. The zero-order valence-corrected chi connectivity index (χ0v) is 9.02. The summed E-state index contributed by atoms with van der Waals surface area (Å²) in [5, 5.41) is 0. The van der Waals surface area contributed by atoms with Gasteiger partial charge in [-0.1, -0.05) is 0 Å². The molecule has 0 fully saturated rings. The molecule has 0 spiro atoms. The van der Waals surface area contributed by atoms with Gasteiger partial charge in [-0.3, -0.25) is 0 Å². The van der Waals surface area contributed by atoms with Gasteiger partial charge in [0, 0.05) is 0 Å². The summed E-state index contributed by atoms with van der Waals surface area (Å²) in [4.78, 5) is 0. The molecular weight excluding hydrogens is 372 g/mol. The van der Waals surface area contributed by atoms with Crippen LogP contribution in [0.15, 0.2) is 0 Å². The van der Waals surface area contributed by atoms with Crippen LogP contribution in [-0.2, 0) is 13.8 Å².